The average molecular weight is 278 g/mol. The Labute approximate surface area is 117 Å². The topological polar surface area (TPSA) is 72.7 Å². The minimum atomic E-state index is -0.486. The van der Waals surface area contributed by atoms with Crippen LogP contribution in [-0.4, -0.2) is 35.4 Å². The van der Waals surface area contributed by atoms with Crippen molar-refractivity contribution in [1.82, 2.24) is 4.90 Å². The summed E-state index contributed by atoms with van der Waals surface area (Å²) in [6.45, 7) is 8.49. The van der Waals surface area contributed by atoms with Crippen LogP contribution >= 0.6 is 0 Å². The van der Waals surface area contributed by atoms with Gasteiger partial charge >= 0.3 is 0 Å². The highest BCUT2D eigenvalue weighted by Gasteiger charge is 2.12. The van der Waals surface area contributed by atoms with E-state index in [4.69, 9.17) is 4.74 Å². The highest BCUT2D eigenvalue weighted by atomic mass is 16.6. The van der Waals surface area contributed by atoms with Crippen molar-refractivity contribution in [2.24, 2.45) is 0 Å². The van der Waals surface area contributed by atoms with Crippen molar-refractivity contribution in [2.45, 2.75) is 13.8 Å². The molecule has 0 fully saturated rings. The molecule has 0 saturated heterocycles. The predicted molar refractivity (Wildman–Crippen MR) is 75.7 cm³/mol. The molecule has 6 nitrogen and oxygen atoms in total. The molecule has 1 amide bonds. The first-order valence-electron chi connectivity index (χ1n) is 6.23. The summed E-state index contributed by atoms with van der Waals surface area (Å²) in [5.41, 5.74) is 0.886. The quantitative estimate of drug-likeness (QED) is 0.436. The molecule has 1 rings (SSSR count). The Bertz CT molecular complexity index is 496. The smallest absolute Gasteiger partial charge is 0.269 e. The van der Waals surface area contributed by atoms with Gasteiger partial charge in [0.1, 0.15) is 5.75 Å². The van der Waals surface area contributed by atoms with E-state index < -0.39 is 4.92 Å². The van der Waals surface area contributed by atoms with Gasteiger partial charge in [-0.1, -0.05) is 12.2 Å². The second kappa shape index (κ2) is 7.28. The number of benzene rings is 1. The fourth-order valence-corrected chi connectivity index (χ4v) is 1.60. The molecule has 108 valence electrons. The van der Waals surface area contributed by atoms with Crippen LogP contribution in [0.2, 0.25) is 0 Å². The molecule has 1 aromatic carbocycles. The van der Waals surface area contributed by atoms with Gasteiger partial charge < -0.3 is 9.64 Å². The first-order valence-corrected chi connectivity index (χ1v) is 6.23. The molecule has 0 aliphatic rings. The van der Waals surface area contributed by atoms with E-state index in [0.29, 0.717) is 18.8 Å². The summed E-state index contributed by atoms with van der Waals surface area (Å²) in [5.74, 6) is 0.282. The molecule has 6 heteroatoms. The van der Waals surface area contributed by atoms with Crippen LogP contribution in [0.5, 0.6) is 5.75 Å². The van der Waals surface area contributed by atoms with Gasteiger partial charge in [0.2, 0.25) is 0 Å². The summed E-state index contributed by atoms with van der Waals surface area (Å²) in [6.07, 6.45) is 0. The van der Waals surface area contributed by atoms with E-state index in [-0.39, 0.29) is 18.2 Å². The summed E-state index contributed by atoms with van der Waals surface area (Å²) in [7, 11) is 0. The van der Waals surface area contributed by atoms with Gasteiger partial charge in [-0.2, -0.15) is 0 Å². The van der Waals surface area contributed by atoms with Gasteiger partial charge in [0, 0.05) is 25.2 Å². The van der Waals surface area contributed by atoms with Crippen molar-refractivity contribution in [2.75, 3.05) is 19.7 Å². The molecule has 0 atom stereocenters. The SMILES string of the molecule is C=C(C)CN(CC)C(=O)COc1ccc([N+](=O)[O-])cc1. The third kappa shape index (κ3) is 4.72. The number of likely N-dealkylation sites (N-methyl/N-ethyl adjacent to an activating group) is 1. The average Bonchev–Trinajstić information content (AvgIpc) is 2.42. The van der Waals surface area contributed by atoms with Crippen molar-refractivity contribution >= 4 is 11.6 Å². The van der Waals surface area contributed by atoms with E-state index in [1.54, 1.807) is 4.90 Å². The number of carbonyl (C=O) groups excluding carboxylic acids is 1. The molecule has 0 N–H and O–H groups in total. The lowest BCUT2D eigenvalue weighted by Gasteiger charge is -2.20. The number of nitro groups is 1. The highest BCUT2D eigenvalue weighted by Crippen LogP contribution is 2.17. The van der Waals surface area contributed by atoms with Crippen molar-refractivity contribution in [3.63, 3.8) is 0 Å². The Hall–Kier alpha value is -2.37. The van der Waals surface area contributed by atoms with Crippen molar-refractivity contribution in [3.8, 4) is 5.75 Å². The zero-order chi connectivity index (χ0) is 15.1. The molecular formula is C14H18N2O4. The minimum Gasteiger partial charge on any atom is -0.484 e. The standard InChI is InChI=1S/C14H18N2O4/c1-4-15(9-11(2)3)14(17)10-20-13-7-5-12(6-8-13)16(18)19/h5-8H,2,4,9-10H2,1,3H3. The first-order chi connectivity index (χ1) is 9.43. The van der Waals surface area contributed by atoms with Gasteiger partial charge in [-0.25, -0.2) is 0 Å². The van der Waals surface area contributed by atoms with Gasteiger partial charge in [0.05, 0.1) is 4.92 Å². The number of nitro benzene ring substituents is 1. The van der Waals surface area contributed by atoms with E-state index in [2.05, 4.69) is 6.58 Å². The fraction of sp³-hybridized carbons (Fsp3) is 0.357. The predicted octanol–water partition coefficient (Wildman–Crippen LogP) is 2.40. The summed E-state index contributed by atoms with van der Waals surface area (Å²) in [4.78, 5) is 23.6. The van der Waals surface area contributed by atoms with Crippen LogP contribution in [0, 0.1) is 10.1 Å². The Kier molecular flexibility index (Phi) is 5.71. The summed E-state index contributed by atoms with van der Waals surface area (Å²) < 4.78 is 5.32. The number of rotatable bonds is 7. The van der Waals surface area contributed by atoms with E-state index in [0.717, 1.165) is 5.57 Å². The van der Waals surface area contributed by atoms with Crippen LogP contribution in [0.15, 0.2) is 36.4 Å². The molecule has 0 radical (unpaired) electrons. The number of hydrogen-bond acceptors (Lipinski definition) is 4. The first kappa shape index (κ1) is 15.7. The molecule has 0 spiro atoms. The monoisotopic (exact) mass is 278 g/mol. The lowest BCUT2D eigenvalue weighted by Crippen LogP contribution is -2.35. The second-order valence-corrected chi connectivity index (χ2v) is 4.40. The number of carbonyl (C=O) groups is 1. The Balaban J connectivity index is 2.55. The normalized spacial score (nSPS) is 9.90. The lowest BCUT2D eigenvalue weighted by molar-refractivity contribution is -0.384. The fourth-order valence-electron chi connectivity index (χ4n) is 1.60. The third-order valence-electron chi connectivity index (χ3n) is 2.61. The molecule has 1 aromatic rings. The van der Waals surface area contributed by atoms with Crippen molar-refractivity contribution in [3.05, 3.63) is 46.5 Å². The maximum absolute atomic E-state index is 11.9. The van der Waals surface area contributed by atoms with E-state index in [1.807, 2.05) is 13.8 Å². The molecule has 20 heavy (non-hydrogen) atoms. The number of nitrogens with zero attached hydrogens (tertiary/aromatic N) is 2. The highest BCUT2D eigenvalue weighted by molar-refractivity contribution is 5.78. The van der Waals surface area contributed by atoms with E-state index >= 15 is 0 Å². The number of non-ortho nitro benzene ring substituents is 1. The molecule has 0 aromatic heterocycles. The van der Waals surface area contributed by atoms with Gasteiger partial charge in [-0.3, -0.25) is 14.9 Å². The summed E-state index contributed by atoms with van der Waals surface area (Å²) >= 11 is 0. The van der Waals surface area contributed by atoms with E-state index in [1.165, 1.54) is 24.3 Å². The van der Waals surface area contributed by atoms with Crippen molar-refractivity contribution in [1.29, 1.82) is 0 Å². The maximum atomic E-state index is 11.9. The number of ether oxygens (including phenoxy) is 1. The van der Waals surface area contributed by atoms with Crippen LogP contribution in [0.3, 0.4) is 0 Å². The van der Waals surface area contributed by atoms with Crippen LogP contribution < -0.4 is 4.74 Å². The van der Waals surface area contributed by atoms with Gasteiger partial charge in [0.25, 0.3) is 11.6 Å². The molecule has 0 aliphatic carbocycles. The minimum absolute atomic E-state index is 0.0128. The number of amides is 1. The lowest BCUT2D eigenvalue weighted by atomic mass is 10.3. The van der Waals surface area contributed by atoms with Crippen LogP contribution in [0.1, 0.15) is 13.8 Å². The van der Waals surface area contributed by atoms with Gasteiger partial charge in [-0.15, -0.1) is 0 Å². The molecular weight excluding hydrogens is 260 g/mol. The largest absolute Gasteiger partial charge is 0.484 e. The Morgan fingerprint density at radius 1 is 1.40 bits per heavy atom. The third-order valence-corrected chi connectivity index (χ3v) is 2.61. The molecule has 0 unspecified atom stereocenters. The molecule has 0 heterocycles. The Morgan fingerprint density at radius 3 is 2.45 bits per heavy atom. The van der Waals surface area contributed by atoms with Gasteiger partial charge in [-0.05, 0) is 26.0 Å². The zero-order valence-corrected chi connectivity index (χ0v) is 11.7. The summed E-state index contributed by atoms with van der Waals surface area (Å²) in [5, 5.41) is 10.5. The van der Waals surface area contributed by atoms with Crippen LogP contribution in [0.25, 0.3) is 0 Å². The zero-order valence-electron chi connectivity index (χ0n) is 11.7. The summed E-state index contributed by atoms with van der Waals surface area (Å²) in [6, 6.07) is 5.62. The van der Waals surface area contributed by atoms with Gasteiger partial charge in [0.15, 0.2) is 6.61 Å². The van der Waals surface area contributed by atoms with Crippen LogP contribution in [-0.2, 0) is 4.79 Å². The number of hydrogen-bond donors (Lipinski definition) is 0. The molecule has 0 saturated carbocycles. The Morgan fingerprint density at radius 2 is 2.00 bits per heavy atom. The molecule has 0 aliphatic heterocycles. The molecule has 0 bridgehead atoms. The maximum Gasteiger partial charge on any atom is 0.269 e. The van der Waals surface area contributed by atoms with E-state index in [9.17, 15) is 14.9 Å². The van der Waals surface area contributed by atoms with Crippen LogP contribution in [0.4, 0.5) is 5.69 Å². The van der Waals surface area contributed by atoms with Crippen molar-refractivity contribution < 1.29 is 14.5 Å². The second-order valence-electron chi connectivity index (χ2n) is 4.40.